The zero-order chi connectivity index (χ0) is 20.4. The molecular weight excluding hydrogens is 364 g/mol. The Morgan fingerprint density at radius 1 is 1.03 bits per heavy atom. The van der Waals surface area contributed by atoms with Gasteiger partial charge in [0.2, 0.25) is 11.8 Å². The molecule has 1 atom stereocenters. The molecule has 1 saturated heterocycles. The molecule has 0 radical (unpaired) electrons. The molecule has 0 aliphatic carbocycles. The molecule has 29 heavy (non-hydrogen) atoms. The van der Waals surface area contributed by atoms with Gasteiger partial charge in [-0.05, 0) is 53.7 Å². The average molecular weight is 390 g/mol. The van der Waals surface area contributed by atoms with Gasteiger partial charge in [-0.25, -0.2) is 0 Å². The molecule has 2 amide bonds. The van der Waals surface area contributed by atoms with Gasteiger partial charge in [-0.1, -0.05) is 36.4 Å². The molecule has 0 aromatic heterocycles. The quantitative estimate of drug-likeness (QED) is 0.860. The third kappa shape index (κ3) is 4.04. The number of fused-ring (bicyclic) bond motifs is 1. The van der Waals surface area contributed by atoms with Gasteiger partial charge in [0.25, 0.3) is 0 Å². The fraction of sp³-hybridized carbons (Fsp3) is 0.333. The van der Waals surface area contributed by atoms with Gasteiger partial charge >= 0.3 is 0 Å². The Morgan fingerprint density at radius 3 is 2.41 bits per heavy atom. The first-order chi connectivity index (χ1) is 14.0. The van der Waals surface area contributed by atoms with Crippen molar-refractivity contribution >= 4 is 17.9 Å². The van der Waals surface area contributed by atoms with Crippen LogP contribution in [-0.4, -0.2) is 39.8 Å². The van der Waals surface area contributed by atoms with Crippen molar-refractivity contribution in [2.24, 2.45) is 0 Å². The second kappa shape index (κ2) is 8.11. The second-order valence-corrected chi connectivity index (χ2v) is 7.84. The number of phenols is 1. The lowest BCUT2D eigenvalue weighted by molar-refractivity contribution is -0.135. The number of hydrogen-bond donors (Lipinski definition) is 1. The van der Waals surface area contributed by atoms with Crippen LogP contribution in [0.3, 0.4) is 0 Å². The van der Waals surface area contributed by atoms with Gasteiger partial charge in [-0.15, -0.1) is 0 Å². The summed E-state index contributed by atoms with van der Waals surface area (Å²) in [7, 11) is 0. The number of carbonyl (C=O) groups is 2. The highest BCUT2D eigenvalue weighted by Crippen LogP contribution is 2.34. The van der Waals surface area contributed by atoms with Gasteiger partial charge in [-0.3, -0.25) is 9.59 Å². The maximum Gasteiger partial charge on any atom is 0.225 e. The van der Waals surface area contributed by atoms with E-state index in [1.165, 1.54) is 5.56 Å². The SMILES string of the molecule is CC(=O)N1C=Cc2ccccc2C1CC(=O)N1CCC(c2ccc(O)cc2)CC1. The average Bonchev–Trinajstić information content (AvgIpc) is 2.74. The standard InChI is InChI=1S/C24H26N2O3/c1-17(27)26-15-12-20-4-2-3-5-22(20)23(26)16-24(29)25-13-10-19(11-14-25)18-6-8-21(28)9-7-18/h2-9,12,15,19,23,28H,10-11,13-14,16H2,1H3. The van der Waals surface area contributed by atoms with E-state index in [0.29, 0.717) is 25.4 Å². The second-order valence-electron chi connectivity index (χ2n) is 7.84. The van der Waals surface area contributed by atoms with Crippen LogP contribution in [-0.2, 0) is 9.59 Å². The predicted octanol–water partition coefficient (Wildman–Crippen LogP) is 4.06. The zero-order valence-electron chi connectivity index (χ0n) is 16.6. The Hall–Kier alpha value is -3.08. The highest BCUT2D eigenvalue weighted by atomic mass is 16.3. The summed E-state index contributed by atoms with van der Waals surface area (Å²) in [5, 5.41) is 9.47. The number of benzene rings is 2. The monoisotopic (exact) mass is 390 g/mol. The molecule has 1 N–H and O–H groups in total. The van der Waals surface area contributed by atoms with Crippen molar-refractivity contribution in [1.29, 1.82) is 0 Å². The highest BCUT2D eigenvalue weighted by Gasteiger charge is 2.31. The first-order valence-electron chi connectivity index (χ1n) is 10.2. The van der Waals surface area contributed by atoms with Gasteiger partial charge in [0, 0.05) is 26.2 Å². The largest absolute Gasteiger partial charge is 0.508 e. The van der Waals surface area contributed by atoms with E-state index in [9.17, 15) is 14.7 Å². The van der Waals surface area contributed by atoms with Crippen LogP contribution in [0.15, 0.2) is 54.7 Å². The molecule has 2 aromatic carbocycles. The molecular formula is C24H26N2O3. The predicted molar refractivity (Wildman–Crippen MR) is 112 cm³/mol. The topological polar surface area (TPSA) is 60.9 Å². The van der Waals surface area contributed by atoms with Crippen molar-refractivity contribution in [2.75, 3.05) is 13.1 Å². The third-order valence-corrected chi connectivity index (χ3v) is 6.05. The van der Waals surface area contributed by atoms with Crippen molar-refractivity contribution in [3.05, 3.63) is 71.4 Å². The maximum absolute atomic E-state index is 13.1. The minimum Gasteiger partial charge on any atom is -0.508 e. The van der Waals surface area contributed by atoms with Crippen LogP contribution in [0.5, 0.6) is 5.75 Å². The number of amides is 2. The van der Waals surface area contributed by atoms with Crippen LogP contribution >= 0.6 is 0 Å². The number of carbonyl (C=O) groups excluding carboxylic acids is 2. The number of nitrogens with zero attached hydrogens (tertiary/aromatic N) is 2. The van der Waals surface area contributed by atoms with Gasteiger partial charge in [0.15, 0.2) is 0 Å². The van der Waals surface area contributed by atoms with Crippen molar-refractivity contribution in [3.63, 3.8) is 0 Å². The van der Waals surface area contributed by atoms with Crippen LogP contribution in [0.2, 0.25) is 0 Å². The lowest BCUT2D eigenvalue weighted by Crippen LogP contribution is -2.41. The fourth-order valence-electron chi connectivity index (χ4n) is 4.42. The summed E-state index contributed by atoms with van der Waals surface area (Å²) < 4.78 is 0. The molecule has 150 valence electrons. The molecule has 1 fully saturated rings. The number of hydrogen-bond acceptors (Lipinski definition) is 3. The van der Waals surface area contributed by atoms with Crippen molar-refractivity contribution in [1.82, 2.24) is 9.80 Å². The Morgan fingerprint density at radius 2 is 1.72 bits per heavy atom. The molecule has 5 nitrogen and oxygen atoms in total. The molecule has 2 aliphatic rings. The normalized spacial score (nSPS) is 19.1. The van der Waals surface area contributed by atoms with Crippen molar-refractivity contribution < 1.29 is 14.7 Å². The third-order valence-electron chi connectivity index (χ3n) is 6.05. The number of piperidine rings is 1. The minimum absolute atomic E-state index is 0.0559. The van der Waals surface area contributed by atoms with E-state index in [-0.39, 0.29) is 23.6 Å². The fourth-order valence-corrected chi connectivity index (χ4v) is 4.42. The van der Waals surface area contributed by atoms with Gasteiger partial charge < -0.3 is 14.9 Å². The summed E-state index contributed by atoms with van der Waals surface area (Å²) in [5.74, 6) is 0.722. The van der Waals surface area contributed by atoms with Crippen molar-refractivity contribution in [3.8, 4) is 5.75 Å². The molecule has 2 aromatic rings. The molecule has 2 aliphatic heterocycles. The first kappa shape index (κ1) is 19.2. The van der Waals surface area contributed by atoms with Gasteiger partial charge in [0.05, 0.1) is 12.5 Å². The Kier molecular flexibility index (Phi) is 5.38. The lowest BCUT2D eigenvalue weighted by Gasteiger charge is -2.36. The van der Waals surface area contributed by atoms with E-state index in [1.807, 2.05) is 47.4 Å². The molecule has 2 heterocycles. The van der Waals surface area contributed by atoms with Crippen LogP contribution in [0.25, 0.3) is 6.08 Å². The Balaban J connectivity index is 1.43. The van der Waals surface area contributed by atoms with E-state index >= 15 is 0 Å². The first-order valence-corrected chi connectivity index (χ1v) is 10.2. The minimum atomic E-state index is -0.254. The van der Waals surface area contributed by atoms with E-state index < -0.39 is 0 Å². The number of rotatable bonds is 3. The van der Waals surface area contributed by atoms with Gasteiger partial charge in [-0.2, -0.15) is 0 Å². The van der Waals surface area contributed by atoms with E-state index in [1.54, 1.807) is 30.2 Å². The summed E-state index contributed by atoms with van der Waals surface area (Å²) >= 11 is 0. The summed E-state index contributed by atoms with van der Waals surface area (Å²) in [5.41, 5.74) is 3.30. The van der Waals surface area contributed by atoms with E-state index in [0.717, 1.165) is 24.0 Å². The summed E-state index contributed by atoms with van der Waals surface area (Å²) in [6.45, 7) is 2.97. The molecule has 5 heteroatoms. The van der Waals surface area contributed by atoms with Crippen LogP contribution in [0.1, 0.15) is 54.8 Å². The summed E-state index contributed by atoms with van der Waals surface area (Å²) in [4.78, 5) is 28.8. The van der Waals surface area contributed by atoms with Crippen LogP contribution in [0.4, 0.5) is 0 Å². The number of likely N-dealkylation sites (tertiary alicyclic amines) is 1. The van der Waals surface area contributed by atoms with Crippen molar-refractivity contribution in [2.45, 2.75) is 38.1 Å². The molecule has 0 spiro atoms. The Bertz CT molecular complexity index is 927. The molecule has 4 rings (SSSR count). The molecule has 0 saturated carbocycles. The molecule has 1 unspecified atom stereocenters. The summed E-state index contributed by atoms with van der Waals surface area (Å²) in [6.07, 6.45) is 5.84. The van der Waals surface area contributed by atoms with Crippen LogP contribution in [0, 0.1) is 0 Å². The van der Waals surface area contributed by atoms with E-state index in [4.69, 9.17) is 0 Å². The zero-order valence-corrected chi connectivity index (χ0v) is 16.6. The highest BCUT2D eigenvalue weighted by molar-refractivity contribution is 5.82. The van der Waals surface area contributed by atoms with E-state index in [2.05, 4.69) is 0 Å². The number of aromatic hydroxyl groups is 1. The van der Waals surface area contributed by atoms with Crippen LogP contribution < -0.4 is 0 Å². The smallest absolute Gasteiger partial charge is 0.225 e. The Labute approximate surface area is 171 Å². The maximum atomic E-state index is 13.1. The lowest BCUT2D eigenvalue weighted by atomic mass is 9.88. The number of phenolic OH excluding ortho intramolecular Hbond substituents is 1. The van der Waals surface area contributed by atoms with Gasteiger partial charge in [0.1, 0.15) is 5.75 Å². The molecule has 0 bridgehead atoms. The summed E-state index contributed by atoms with van der Waals surface area (Å²) in [6, 6.07) is 15.1.